The molecule has 0 bridgehead atoms. The summed E-state index contributed by atoms with van der Waals surface area (Å²) in [7, 11) is 1.22. The number of likely N-dealkylation sites (tertiary alicyclic amines) is 1. The molecule has 2 aromatic carbocycles. The first-order valence-corrected chi connectivity index (χ1v) is 12.4. The lowest BCUT2D eigenvalue weighted by Crippen LogP contribution is -2.58. The molecule has 14 heteroatoms. The summed E-state index contributed by atoms with van der Waals surface area (Å²) in [5, 5.41) is 11.8. The molecule has 3 atom stereocenters. The zero-order valence-corrected chi connectivity index (χ0v) is 22.2. The van der Waals surface area contributed by atoms with Crippen LogP contribution in [-0.4, -0.2) is 52.4 Å². The van der Waals surface area contributed by atoms with Crippen molar-refractivity contribution >= 4 is 18.4 Å². The van der Waals surface area contributed by atoms with Crippen LogP contribution in [0.15, 0.2) is 36.4 Å². The van der Waals surface area contributed by atoms with Gasteiger partial charge >= 0.3 is 24.5 Å². The summed E-state index contributed by atoms with van der Waals surface area (Å²) in [6.07, 6.45) is -11.4. The van der Waals surface area contributed by atoms with Gasteiger partial charge in [-0.05, 0) is 73.7 Å². The molecule has 1 saturated heterocycles. The first-order chi connectivity index (χ1) is 18.9. The standard InChI is InChI=1S/C27H28F7N3O4/c1-15-10-20(28)4-5-21(15)22-14-25(7-9-38,35-23(39)40)6-8-37(22)24(41)36(3)16(2)17-11-18(26(29,30)31)13-19(12-17)27(32,33)34/h4-5,9-13,16,22,35H,6-8,14H2,1-3H3,(H,39,40)/t16-,22+,25+/m0/s1. The van der Waals surface area contributed by atoms with E-state index >= 15 is 0 Å². The van der Waals surface area contributed by atoms with Gasteiger partial charge in [0.15, 0.2) is 0 Å². The van der Waals surface area contributed by atoms with E-state index in [-0.39, 0.29) is 31.9 Å². The summed E-state index contributed by atoms with van der Waals surface area (Å²) in [5.41, 5.74) is -3.88. The Morgan fingerprint density at radius 3 is 2.20 bits per heavy atom. The number of carbonyl (C=O) groups is 3. The molecule has 1 aliphatic heterocycles. The van der Waals surface area contributed by atoms with Crippen LogP contribution in [0.1, 0.15) is 66.1 Å². The quantitative estimate of drug-likeness (QED) is 0.289. The summed E-state index contributed by atoms with van der Waals surface area (Å²) in [4.78, 5) is 39.0. The number of nitrogens with one attached hydrogen (secondary N) is 1. The number of nitrogens with zero attached hydrogens (tertiary/aromatic N) is 2. The summed E-state index contributed by atoms with van der Waals surface area (Å²) < 4.78 is 94.4. The van der Waals surface area contributed by atoms with Gasteiger partial charge in [0.25, 0.3) is 0 Å². The van der Waals surface area contributed by atoms with Gasteiger partial charge in [-0.3, -0.25) is 0 Å². The van der Waals surface area contributed by atoms with Crippen molar-refractivity contribution in [3.05, 3.63) is 70.0 Å². The third-order valence-electron chi connectivity index (χ3n) is 7.45. The van der Waals surface area contributed by atoms with Crippen molar-refractivity contribution in [2.24, 2.45) is 0 Å². The van der Waals surface area contributed by atoms with Crippen LogP contribution in [-0.2, 0) is 17.1 Å². The molecular formula is C27H28F7N3O4. The maximum atomic E-state index is 13.9. The van der Waals surface area contributed by atoms with Crippen LogP contribution >= 0.6 is 0 Å². The van der Waals surface area contributed by atoms with Gasteiger partial charge in [-0.1, -0.05) is 6.07 Å². The van der Waals surface area contributed by atoms with Crippen LogP contribution in [0.5, 0.6) is 0 Å². The third kappa shape index (κ3) is 7.09. The molecule has 0 aromatic heterocycles. The number of urea groups is 1. The van der Waals surface area contributed by atoms with Gasteiger partial charge < -0.3 is 25.0 Å². The number of aryl methyl sites for hydroxylation is 1. The summed E-state index contributed by atoms with van der Waals surface area (Å²) in [5.74, 6) is -0.571. The second kappa shape index (κ2) is 11.6. The van der Waals surface area contributed by atoms with E-state index < -0.39 is 64.6 Å². The maximum absolute atomic E-state index is 13.9. The molecule has 0 unspecified atom stereocenters. The molecule has 2 aromatic rings. The molecule has 0 spiro atoms. The number of alkyl halides is 6. The maximum Gasteiger partial charge on any atom is 0.416 e. The predicted molar refractivity (Wildman–Crippen MR) is 132 cm³/mol. The molecule has 41 heavy (non-hydrogen) atoms. The lowest BCUT2D eigenvalue weighted by atomic mass is 9.78. The molecule has 0 saturated carbocycles. The highest BCUT2D eigenvalue weighted by atomic mass is 19.4. The van der Waals surface area contributed by atoms with Crippen molar-refractivity contribution < 1.29 is 50.2 Å². The Balaban J connectivity index is 2.04. The smallest absolute Gasteiger partial charge is 0.416 e. The minimum Gasteiger partial charge on any atom is -0.465 e. The number of carbonyl (C=O) groups excluding carboxylic acids is 2. The third-order valence-corrected chi connectivity index (χ3v) is 7.45. The Morgan fingerprint density at radius 1 is 1.12 bits per heavy atom. The van der Waals surface area contributed by atoms with Crippen LogP contribution in [0.3, 0.4) is 0 Å². The minimum atomic E-state index is -5.07. The van der Waals surface area contributed by atoms with Crippen molar-refractivity contribution in [3.8, 4) is 0 Å². The Labute approximate surface area is 230 Å². The van der Waals surface area contributed by atoms with Gasteiger partial charge in [-0.25, -0.2) is 14.0 Å². The zero-order valence-electron chi connectivity index (χ0n) is 22.2. The molecule has 3 rings (SSSR count). The van der Waals surface area contributed by atoms with Crippen molar-refractivity contribution in [3.63, 3.8) is 0 Å². The lowest BCUT2D eigenvalue weighted by Gasteiger charge is -2.47. The first kappa shape index (κ1) is 31.7. The Morgan fingerprint density at radius 2 is 1.71 bits per heavy atom. The number of carboxylic acid groups (broad SMARTS) is 1. The van der Waals surface area contributed by atoms with E-state index in [0.29, 0.717) is 29.5 Å². The van der Waals surface area contributed by atoms with Crippen LogP contribution in [0, 0.1) is 12.7 Å². The number of halogens is 7. The van der Waals surface area contributed by atoms with Gasteiger partial charge in [-0.15, -0.1) is 0 Å². The van der Waals surface area contributed by atoms with E-state index in [1.165, 1.54) is 31.0 Å². The zero-order chi connectivity index (χ0) is 30.9. The highest BCUT2D eigenvalue weighted by Gasteiger charge is 2.45. The van der Waals surface area contributed by atoms with Crippen molar-refractivity contribution in [2.45, 2.75) is 63.1 Å². The van der Waals surface area contributed by atoms with Crippen molar-refractivity contribution in [1.82, 2.24) is 15.1 Å². The summed E-state index contributed by atoms with van der Waals surface area (Å²) in [6, 6.07) is 1.90. The van der Waals surface area contributed by atoms with E-state index in [4.69, 9.17) is 0 Å². The number of benzene rings is 2. The molecule has 0 aliphatic carbocycles. The largest absolute Gasteiger partial charge is 0.465 e. The van der Waals surface area contributed by atoms with Gasteiger partial charge in [-0.2, -0.15) is 26.3 Å². The molecule has 1 aliphatic rings. The molecule has 0 radical (unpaired) electrons. The second-order valence-corrected chi connectivity index (χ2v) is 10.2. The molecule has 1 fully saturated rings. The number of amides is 3. The Hall–Kier alpha value is -3.84. The normalized spacial score (nSPS) is 20.3. The average molecular weight is 592 g/mol. The first-order valence-electron chi connectivity index (χ1n) is 12.4. The SMILES string of the molecule is Cc1cc(F)ccc1[C@H]1C[C@@](CC=O)(NC(=O)O)CCN1C(=O)N(C)[C@@H](C)c1cc(C(F)(F)F)cc(C(F)(F)F)c1. The van der Waals surface area contributed by atoms with Crippen LogP contribution in [0.4, 0.5) is 40.3 Å². The molecule has 2 N–H and O–H groups in total. The van der Waals surface area contributed by atoms with E-state index in [0.717, 1.165) is 11.0 Å². The van der Waals surface area contributed by atoms with Crippen LogP contribution in [0.25, 0.3) is 0 Å². The number of aldehydes is 1. The van der Waals surface area contributed by atoms with Crippen LogP contribution in [0.2, 0.25) is 0 Å². The summed E-state index contributed by atoms with van der Waals surface area (Å²) in [6.45, 7) is 2.72. The topological polar surface area (TPSA) is 90.0 Å². The summed E-state index contributed by atoms with van der Waals surface area (Å²) >= 11 is 0. The van der Waals surface area contributed by atoms with Crippen molar-refractivity contribution in [1.29, 1.82) is 0 Å². The number of hydrogen-bond donors (Lipinski definition) is 2. The van der Waals surface area contributed by atoms with Gasteiger partial charge in [0.2, 0.25) is 0 Å². The van der Waals surface area contributed by atoms with E-state index in [9.17, 15) is 50.2 Å². The van der Waals surface area contributed by atoms with E-state index in [1.807, 2.05) is 0 Å². The monoisotopic (exact) mass is 591 g/mol. The van der Waals surface area contributed by atoms with Gasteiger partial charge in [0.05, 0.1) is 28.7 Å². The Bertz CT molecular complexity index is 1280. The van der Waals surface area contributed by atoms with E-state index in [2.05, 4.69) is 5.32 Å². The number of hydrogen-bond acceptors (Lipinski definition) is 3. The molecule has 7 nitrogen and oxygen atoms in total. The Kier molecular flexibility index (Phi) is 8.94. The molecule has 1 heterocycles. The fraction of sp³-hybridized carbons (Fsp3) is 0.444. The second-order valence-electron chi connectivity index (χ2n) is 10.2. The highest BCUT2D eigenvalue weighted by molar-refractivity contribution is 5.76. The minimum absolute atomic E-state index is 0.00190. The fourth-order valence-electron chi connectivity index (χ4n) is 5.14. The molecule has 3 amide bonds. The van der Waals surface area contributed by atoms with Gasteiger partial charge in [0.1, 0.15) is 12.1 Å². The predicted octanol–water partition coefficient (Wildman–Crippen LogP) is 6.72. The highest BCUT2D eigenvalue weighted by Crippen LogP contribution is 2.42. The average Bonchev–Trinajstić information content (AvgIpc) is 2.86. The van der Waals surface area contributed by atoms with E-state index in [1.54, 1.807) is 6.92 Å². The van der Waals surface area contributed by atoms with Gasteiger partial charge in [0, 0.05) is 20.0 Å². The number of rotatable bonds is 6. The fourth-order valence-corrected chi connectivity index (χ4v) is 5.14. The molecular weight excluding hydrogens is 563 g/mol. The van der Waals surface area contributed by atoms with Crippen LogP contribution < -0.4 is 5.32 Å². The number of piperidine rings is 1. The molecule has 224 valence electrons. The van der Waals surface area contributed by atoms with Crippen molar-refractivity contribution in [2.75, 3.05) is 13.6 Å². The lowest BCUT2D eigenvalue weighted by molar-refractivity contribution is -0.143.